The van der Waals surface area contributed by atoms with Gasteiger partial charge in [0, 0.05) is 24.2 Å². The molecule has 1 aromatic heterocycles. The minimum atomic E-state index is -0.387. The molecule has 0 radical (unpaired) electrons. The first-order chi connectivity index (χ1) is 20.4. The van der Waals surface area contributed by atoms with E-state index in [0.717, 1.165) is 16.7 Å². The number of rotatable bonds is 8. The molecule has 6 rings (SSSR count). The molecule has 0 bridgehead atoms. The molecule has 0 saturated carbocycles. The zero-order chi connectivity index (χ0) is 29.2. The quantitative estimate of drug-likeness (QED) is 0.330. The molecular weight excluding hydrogens is 557 g/mol. The number of ether oxygens (including phenoxy) is 2. The van der Waals surface area contributed by atoms with Crippen LogP contribution < -0.4 is 19.7 Å². The number of likely N-dealkylation sites (N-methyl/N-ethyl adjacent to an activating group) is 1. The number of thioether (sulfide) groups is 1. The van der Waals surface area contributed by atoms with Gasteiger partial charge in [0.05, 0.1) is 22.4 Å². The van der Waals surface area contributed by atoms with Crippen molar-refractivity contribution >= 4 is 29.4 Å². The third-order valence-corrected chi connectivity index (χ3v) is 8.34. The second-order valence-corrected chi connectivity index (χ2v) is 11.4. The highest BCUT2D eigenvalue weighted by Crippen LogP contribution is 2.50. The zero-order valence-electron chi connectivity index (χ0n) is 23.2. The van der Waals surface area contributed by atoms with Crippen molar-refractivity contribution in [1.82, 2.24) is 20.0 Å². The summed E-state index contributed by atoms with van der Waals surface area (Å²) >= 11 is 1.47. The van der Waals surface area contributed by atoms with Gasteiger partial charge in [-0.05, 0) is 56.1 Å². The summed E-state index contributed by atoms with van der Waals surface area (Å²) in [6.07, 6.45) is 0. The minimum Gasteiger partial charge on any atom is -0.454 e. The van der Waals surface area contributed by atoms with Crippen molar-refractivity contribution in [2.24, 2.45) is 0 Å². The first kappa shape index (κ1) is 27.8. The molecule has 4 aromatic rings. The second-order valence-electron chi connectivity index (χ2n) is 10.3. The Hall–Kier alpha value is -4.35. The summed E-state index contributed by atoms with van der Waals surface area (Å²) in [7, 11) is 3.85. The molecule has 216 valence electrons. The van der Waals surface area contributed by atoms with Crippen LogP contribution in [-0.4, -0.2) is 72.8 Å². The Balaban J connectivity index is 1.54. The van der Waals surface area contributed by atoms with Crippen molar-refractivity contribution in [3.63, 3.8) is 0 Å². The molecule has 0 unspecified atom stereocenters. The van der Waals surface area contributed by atoms with Gasteiger partial charge in [-0.25, -0.2) is 9.07 Å². The normalized spacial score (nSPS) is 16.0. The summed E-state index contributed by atoms with van der Waals surface area (Å²) in [4.78, 5) is 30.5. The first-order valence-electron chi connectivity index (χ1n) is 13.6. The van der Waals surface area contributed by atoms with E-state index in [1.165, 1.54) is 28.8 Å². The molecular formula is C31H30FN5O4S. The fourth-order valence-electron chi connectivity index (χ4n) is 5.05. The maximum Gasteiger partial charge on any atom is 0.240 e. The highest BCUT2D eigenvalue weighted by Gasteiger charge is 2.38. The van der Waals surface area contributed by atoms with Gasteiger partial charge in [-0.15, -0.1) is 11.8 Å². The standard InChI is InChI=1S/C31H30FN5O4S/c1-35(2)15-14-33-26(38)17-36-27(39)18-42-30(21-8-13-24-25(16-21)41-19-40-24)28-29(20-6-4-3-5-7-20)34-37(31(28)36)23-11-9-22(32)10-12-23/h3-13,16,30H,14-15,17-19H2,1-2H3,(H,33,38)/t30-/m1/s1. The van der Waals surface area contributed by atoms with Crippen molar-refractivity contribution in [3.05, 3.63) is 89.7 Å². The third kappa shape index (κ3) is 5.57. The van der Waals surface area contributed by atoms with Crippen molar-refractivity contribution in [2.45, 2.75) is 5.25 Å². The van der Waals surface area contributed by atoms with E-state index >= 15 is 0 Å². The van der Waals surface area contributed by atoms with Gasteiger partial charge in [0.1, 0.15) is 18.2 Å². The molecule has 42 heavy (non-hydrogen) atoms. The van der Waals surface area contributed by atoms with Crippen LogP contribution >= 0.6 is 11.8 Å². The maximum absolute atomic E-state index is 14.0. The number of carbonyl (C=O) groups excluding carboxylic acids is 2. The average Bonchev–Trinajstić information content (AvgIpc) is 3.58. The van der Waals surface area contributed by atoms with E-state index in [1.807, 2.05) is 67.5 Å². The summed E-state index contributed by atoms with van der Waals surface area (Å²) in [6, 6.07) is 21.4. The molecule has 3 heterocycles. The van der Waals surface area contributed by atoms with Crippen LogP contribution in [-0.2, 0) is 9.59 Å². The van der Waals surface area contributed by atoms with Gasteiger partial charge in [-0.1, -0.05) is 36.4 Å². The SMILES string of the molecule is CN(C)CCNC(=O)CN1C(=O)CS[C@H](c2ccc3c(c2)OCO3)c2c(-c3ccccc3)nn(-c3ccc(F)cc3)c21. The predicted molar refractivity (Wildman–Crippen MR) is 160 cm³/mol. The van der Waals surface area contributed by atoms with Crippen molar-refractivity contribution in [3.8, 4) is 28.4 Å². The van der Waals surface area contributed by atoms with Gasteiger partial charge in [-0.3, -0.25) is 14.5 Å². The highest BCUT2D eigenvalue weighted by molar-refractivity contribution is 8.00. The zero-order valence-corrected chi connectivity index (χ0v) is 24.1. The number of carbonyl (C=O) groups is 2. The molecule has 0 saturated heterocycles. The second kappa shape index (κ2) is 11.9. The smallest absolute Gasteiger partial charge is 0.240 e. The van der Waals surface area contributed by atoms with Crippen LogP contribution in [0.1, 0.15) is 16.4 Å². The summed E-state index contributed by atoms with van der Waals surface area (Å²) in [5.41, 5.74) is 3.77. The van der Waals surface area contributed by atoms with Crippen LogP contribution in [0, 0.1) is 5.82 Å². The Morgan fingerprint density at radius 3 is 2.60 bits per heavy atom. The molecule has 11 heteroatoms. The summed E-state index contributed by atoms with van der Waals surface area (Å²) in [5, 5.41) is 7.61. The Kier molecular flexibility index (Phi) is 7.86. The van der Waals surface area contributed by atoms with E-state index in [1.54, 1.807) is 16.8 Å². The molecule has 0 aliphatic carbocycles. The number of hydrogen-bond acceptors (Lipinski definition) is 7. The van der Waals surface area contributed by atoms with Gasteiger partial charge >= 0.3 is 0 Å². The molecule has 0 fully saturated rings. The van der Waals surface area contributed by atoms with Crippen LogP contribution in [0.4, 0.5) is 10.2 Å². The number of hydrogen-bond donors (Lipinski definition) is 1. The number of halogens is 1. The van der Waals surface area contributed by atoms with Gasteiger partial charge in [0.2, 0.25) is 18.6 Å². The molecule has 2 aliphatic heterocycles. The van der Waals surface area contributed by atoms with Crippen LogP contribution in [0.25, 0.3) is 16.9 Å². The van der Waals surface area contributed by atoms with Crippen molar-refractivity contribution in [2.75, 3.05) is 51.2 Å². The van der Waals surface area contributed by atoms with E-state index in [2.05, 4.69) is 5.32 Å². The van der Waals surface area contributed by atoms with Gasteiger partial charge in [0.25, 0.3) is 0 Å². The molecule has 3 aromatic carbocycles. The van der Waals surface area contributed by atoms with Gasteiger partial charge in [0.15, 0.2) is 11.5 Å². The van der Waals surface area contributed by atoms with E-state index < -0.39 is 0 Å². The molecule has 2 aliphatic rings. The topological polar surface area (TPSA) is 88.9 Å². The van der Waals surface area contributed by atoms with E-state index in [-0.39, 0.29) is 42.0 Å². The fourth-order valence-corrected chi connectivity index (χ4v) is 6.24. The third-order valence-electron chi connectivity index (χ3n) is 7.09. The van der Waals surface area contributed by atoms with Crippen molar-refractivity contribution < 1.29 is 23.5 Å². The maximum atomic E-state index is 14.0. The number of nitrogens with zero attached hydrogens (tertiary/aromatic N) is 4. The summed E-state index contributed by atoms with van der Waals surface area (Å²) in [5.74, 6) is 1.01. The molecule has 1 atom stereocenters. The van der Waals surface area contributed by atoms with Gasteiger partial charge < -0.3 is 19.7 Å². The average molecular weight is 588 g/mol. The summed E-state index contributed by atoms with van der Waals surface area (Å²) in [6.45, 7) is 1.07. The van der Waals surface area contributed by atoms with Gasteiger partial charge in [-0.2, -0.15) is 5.10 Å². The predicted octanol–water partition coefficient (Wildman–Crippen LogP) is 4.25. The number of anilines is 1. The number of aromatic nitrogens is 2. The lowest BCUT2D eigenvalue weighted by Gasteiger charge is -2.23. The molecule has 9 nitrogen and oxygen atoms in total. The monoisotopic (exact) mass is 587 g/mol. The van der Waals surface area contributed by atoms with Crippen molar-refractivity contribution in [1.29, 1.82) is 0 Å². The highest BCUT2D eigenvalue weighted by atomic mass is 32.2. The number of nitrogens with one attached hydrogen (secondary N) is 1. The fraction of sp³-hybridized carbons (Fsp3) is 0.258. The van der Waals surface area contributed by atoms with Crippen LogP contribution in [0.3, 0.4) is 0 Å². The lowest BCUT2D eigenvalue weighted by atomic mass is 9.99. The Morgan fingerprint density at radius 2 is 1.83 bits per heavy atom. The molecule has 1 N–H and O–H groups in total. The Bertz CT molecular complexity index is 1610. The van der Waals surface area contributed by atoms with Crippen LogP contribution in [0.2, 0.25) is 0 Å². The molecule has 2 amide bonds. The van der Waals surface area contributed by atoms with E-state index in [9.17, 15) is 14.0 Å². The lowest BCUT2D eigenvalue weighted by Crippen LogP contribution is -2.43. The largest absolute Gasteiger partial charge is 0.454 e. The lowest BCUT2D eigenvalue weighted by molar-refractivity contribution is -0.122. The van der Waals surface area contributed by atoms with E-state index in [4.69, 9.17) is 14.6 Å². The first-order valence-corrected chi connectivity index (χ1v) is 14.6. The minimum absolute atomic E-state index is 0.135. The van der Waals surface area contributed by atoms with Crippen LogP contribution in [0.5, 0.6) is 11.5 Å². The van der Waals surface area contributed by atoms with E-state index in [0.29, 0.717) is 41.8 Å². The van der Waals surface area contributed by atoms with Crippen LogP contribution in [0.15, 0.2) is 72.8 Å². The molecule has 0 spiro atoms. The summed E-state index contributed by atoms with van der Waals surface area (Å²) < 4.78 is 26.8. The Labute approximate surface area is 247 Å². The number of benzene rings is 3. The number of fused-ring (bicyclic) bond motifs is 2. The number of amides is 2. The Morgan fingerprint density at radius 1 is 1.07 bits per heavy atom.